The molecule has 0 aliphatic carbocycles. The molecule has 0 bridgehead atoms. The Morgan fingerprint density at radius 3 is 2.67 bits per heavy atom. The van der Waals surface area contributed by atoms with Gasteiger partial charge in [0.05, 0.1) is 20.3 Å². The molecule has 2 fully saturated rings. The number of nitrogens with one attached hydrogen (secondary N) is 2. The third-order valence-corrected chi connectivity index (χ3v) is 5.07. The number of carbonyl (C=O) groups excluding carboxylic acids is 1. The summed E-state index contributed by atoms with van der Waals surface area (Å²) in [5.74, 6) is 0.933. The zero-order valence-corrected chi connectivity index (χ0v) is 16.1. The van der Waals surface area contributed by atoms with Gasteiger partial charge in [-0.2, -0.15) is 0 Å². The van der Waals surface area contributed by atoms with Crippen LogP contribution in [-0.4, -0.2) is 81.4 Å². The predicted octanol–water partition coefficient (Wildman–Crippen LogP) is 1.35. The van der Waals surface area contributed by atoms with Crippen LogP contribution in [0.2, 0.25) is 0 Å². The minimum absolute atomic E-state index is 0.467. The van der Waals surface area contributed by atoms with E-state index in [1.807, 2.05) is 31.3 Å². The summed E-state index contributed by atoms with van der Waals surface area (Å²) in [5, 5.41) is 6.09. The smallest absolute Gasteiger partial charge is 0.411 e. The maximum absolute atomic E-state index is 11.2. The lowest BCUT2D eigenvalue weighted by molar-refractivity contribution is 0.0195. The molecule has 0 radical (unpaired) electrons. The van der Waals surface area contributed by atoms with Crippen LogP contribution in [0.25, 0.3) is 0 Å². The van der Waals surface area contributed by atoms with E-state index in [2.05, 4.69) is 30.2 Å². The molecule has 8 heteroatoms. The number of guanidine groups is 1. The number of nitrogens with zero attached hydrogens (tertiary/aromatic N) is 3. The Morgan fingerprint density at radius 1 is 1.26 bits per heavy atom. The third-order valence-electron chi connectivity index (χ3n) is 5.07. The number of morpholine rings is 1. The van der Waals surface area contributed by atoms with Crippen molar-refractivity contribution in [2.75, 3.05) is 58.9 Å². The second-order valence-corrected chi connectivity index (χ2v) is 6.75. The minimum Gasteiger partial charge on any atom is -0.453 e. The van der Waals surface area contributed by atoms with Crippen LogP contribution in [0.5, 0.6) is 0 Å². The van der Waals surface area contributed by atoms with E-state index in [1.54, 1.807) is 0 Å². The molecule has 27 heavy (non-hydrogen) atoms. The number of ether oxygens (including phenoxy) is 2. The summed E-state index contributed by atoms with van der Waals surface area (Å²) in [7, 11) is 3.18. The van der Waals surface area contributed by atoms with Crippen LogP contribution < -0.4 is 10.6 Å². The monoisotopic (exact) mass is 375 g/mol. The predicted molar refractivity (Wildman–Crippen MR) is 105 cm³/mol. The minimum atomic E-state index is -0.467. The lowest BCUT2D eigenvalue weighted by Crippen LogP contribution is -2.46. The zero-order chi connectivity index (χ0) is 19.1. The summed E-state index contributed by atoms with van der Waals surface area (Å²) >= 11 is 0. The van der Waals surface area contributed by atoms with Crippen LogP contribution >= 0.6 is 0 Å². The number of rotatable bonds is 4. The van der Waals surface area contributed by atoms with Crippen molar-refractivity contribution in [1.82, 2.24) is 15.1 Å². The molecule has 0 saturated carbocycles. The van der Waals surface area contributed by atoms with E-state index in [0.29, 0.717) is 18.3 Å². The lowest BCUT2D eigenvalue weighted by atomic mass is 10.2. The summed E-state index contributed by atoms with van der Waals surface area (Å²) < 4.78 is 10.1. The Kier molecular flexibility index (Phi) is 6.89. The number of likely N-dealkylation sites (tertiary alicyclic amines) is 1. The molecule has 148 valence electrons. The molecule has 1 aromatic carbocycles. The topological polar surface area (TPSA) is 78.4 Å². The Balaban J connectivity index is 1.48. The van der Waals surface area contributed by atoms with E-state index in [-0.39, 0.29) is 0 Å². The van der Waals surface area contributed by atoms with Crippen LogP contribution in [0.15, 0.2) is 29.3 Å². The number of amides is 1. The van der Waals surface area contributed by atoms with Gasteiger partial charge in [-0.15, -0.1) is 0 Å². The highest BCUT2D eigenvalue weighted by atomic mass is 16.5. The van der Waals surface area contributed by atoms with Gasteiger partial charge in [-0.3, -0.25) is 15.2 Å². The maximum atomic E-state index is 11.2. The van der Waals surface area contributed by atoms with Gasteiger partial charge >= 0.3 is 6.09 Å². The Bertz CT molecular complexity index is 643. The van der Waals surface area contributed by atoms with E-state index in [9.17, 15) is 4.79 Å². The van der Waals surface area contributed by atoms with Crippen molar-refractivity contribution in [3.63, 3.8) is 0 Å². The van der Waals surface area contributed by atoms with Gasteiger partial charge in [0.25, 0.3) is 0 Å². The standard InChI is InChI=1S/C19H29N5O3/c1-20-18(24-8-7-17(14-24)23-9-11-27-12-10-23)21-13-15-3-5-16(6-4-15)22-19(25)26-2/h3-6,17H,7-14H2,1-2H3,(H,20,21)(H,22,25). The first-order chi connectivity index (χ1) is 13.2. The quantitative estimate of drug-likeness (QED) is 0.611. The Hall–Kier alpha value is -2.32. The summed E-state index contributed by atoms with van der Waals surface area (Å²) in [5.41, 5.74) is 1.83. The third kappa shape index (κ3) is 5.33. The zero-order valence-electron chi connectivity index (χ0n) is 16.1. The van der Waals surface area contributed by atoms with Crippen molar-refractivity contribution in [2.24, 2.45) is 4.99 Å². The van der Waals surface area contributed by atoms with Crippen molar-refractivity contribution < 1.29 is 14.3 Å². The van der Waals surface area contributed by atoms with E-state index >= 15 is 0 Å². The molecule has 1 unspecified atom stereocenters. The van der Waals surface area contributed by atoms with Crippen molar-refractivity contribution in [1.29, 1.82) is 0 Å². The highest BCUT2D eigenvalue weighted by Gasteiger charge is 2.30. The molecule has 2 aliphatic rings. The van der Waals surface area contributed by atoms with Gasteiger partial charge in [0, 0.05) is 51.5 Å². The average molecular weight is 375 g/mol. The van der Waals surface area contributed by atoms with Crippen molar-refractivity contribution in [2.45, 2.75) is 19.0 Å². The van der Waals surface area contributed by atoms with Crippen molar-refractivity contribution >= 4 is 17.7 Å². The summed E-state index contributed by atoms with van der Waals surface area (Å²) in [6.07, 6.45) is 0.694. The highest BCUT2D eigenvalue weighted by molar-refractivity contribution is 5.84. The molecule has 0 aromatic heterocycles. The normalized spacial score (nSPS) is 21.2. The SMILES string of the molecule is CN=C(NCc1ccc(NC(=O)OC)cc1)N1CCC(N2CCOCC2)C1. The Morgan fingerprint density at radius 2 is 2.00 bits per heavy atom. The van der Waals surface area contributed by atoms with Crippen molar-refractivity contribution in [3.05, 3.63) is 29.8 Å². The molecule has 2 aliphatic heterocycles. The van der Waals surface area contributed by atoms with Crippen LogP contribution in [-0.2, 0) is 16.0 Å². The van der Waals surface area contributed by atoms with Crippen molar-refractivity contribution in [3.8, 4) is 0 Å². The van der Waals surface area contributed by atoms with Gasteiger partial charge < -0.3 is 19.7 Å². The fourth-order valence-electron chi connectivity index (χ4n) is 3.56. The van der Waals surface area contributed by atoms with E-state index in [0.717, 1.165) is 57.3 Å². The fourth-order valence-corrected chi connectivity index (χ4v) is 3.56. The molecular weight excluding hydrogens is 346 g/mol. The van der Waals surface area contributed by atoms with Gasteiger partial charge in [0.1, 0.15) is 0 Å². The Labute approximate surface area is 160 Å². The van der Waals surface area contributed by atoms with Crippen LogP contribution in [0.1, 0.15) is 12.0 Å². The summed E-state index contributed by atoms with van der Waals surface area (Å²) in [6.45, 7) is 6.43. The van der Waals surface area contributed by atoms with Gasteiger partial charge in [-0.05, 0) is 24.1 Å². The summed E-state index contributed by atoms with van der Waals surface area (Å²) in [4.78, 5) is 20.5. The molecule has 1 atom stereocenters. The molecule has 1 amide bonds. The molecule has 1 aromatic rings. The number of methoxy groups -OCH3 is 1. The van der Waals surface area contributed by atoms with Crippen LogP contribution in [0.4, 0.5) is 10.5 Å². The molecule has 3 rings (SSSR count). The van der Waals surface area contributed by atoms with Gasteiger partial charge in [-0.25, -0.2) is 4.79 Å². The first-order valence-electron chi connectivity index (χ1n) is 9.41. The van der Waals surface area contributed by atoms with Crippen LogP contribution in [0.3, 0.4) is 0 Å². The first kappa shape index (κ1) is 19.4. The molecular formula is C19H29N5O3. The van der Waals surface area contributed by atoms with Gasteiger partial charge in [0.15, 0.2) is 5.96 Å². The maximum Gasteiger partial charge on any atom is 0.411 e. The number of anilines is 1. The largest absolute Gasteiger partial charge is 0.453 e. The van der Waals surface area contributed by atoms with E-state index in [1.165, 1.54) is 7.11 Å². The molecule has 2 heterocycles. The molecule has 0 spiro atoms. The number of hydrogen-bond acceptors (Lipinski definition) is 5. The van der Waals surface area contributed by atoms with E-state index in [4.69, 9.17) is 4.74 Å². The molecule has 2 N–H and O–H groups in total. The number of hydrogen-bond donors (Lipinski definition) is 2. The number of aliphatic imine (C=N–C) groups is 1. The second-order valence-electron chi connectivity index (χ2n) is 6.75. The van der Waals surface area contributed by atoms with Gasteiger partial charge in [-0.1, -0.05) is 12.1 Å². The number of benzene rings is 1. The second kappa shape index (κ2) is 9.57. The first-order valence-corrected chi connectivity index (χ1v) is 9.41. The molecule has 8 nitrogen and oxygen atoms in total. The van der Waals surface area contributed by atoms with Crippen LogP contribution in [0, 0.1) is 0 Å². The van der Waals surface area contributed by atoms with E-state index < -0.39 is 6.09 Å². The summed E-state index contributed by atoms with van der Waals surface area (Å²) in [6, 6.07) is 8.26. The average Bonchev–Trinajstić information content (AvgIpc) is 3.20. The fraction of sp³-hybridized carbons (Fsp3) is 0.579. The highest BCUT2D eigenvalue weighted by Crippen LogP contribution is 2.17. The molecule has 2 saturated heterocycles. The lowest BCUT2D eigenvalue weighted by Gasteiger charge is -2.32. The number of carbonyl (C=O) groups is 1. The van der Waals surface area contributed by atoms with Gasteiger partial charge in [0.2, 0.25) is 0 Å².